The molecule has 3 unspecified atom stereocenters. The number of aliphatic carboxylic acids is 1. The highest BCUT2D eigenvalue weighted by Gasteiger charge is 2.48. The lowest BCUT2D eigenvalue weighted by Gasteiger charge is -2.32. The molecule has 1 aromatic heterocycles. The van der Waals surface area contributed by atoms with Crippen LogP contribution < -0.4 is 4.72 Å². The maximum atomic E-state index is 12.8. The Morgan fingerprint density at radius 2 is 2.04 bits per heavy atom. The maximum Gasteiger partial charge on any atom is 0.326 e. The molecule has 2 fully saturated rings. The Bertz CT molecular complexity index is 756. The Labute approximate surface area is 139 Å². The number of likely N-dealkylation sites (tertiary alicyclic amines) is 1. The summed E-state index contributed by atoms with van der Waals surface area (Å²) in [6.45, 7) is 0. The fourth-order valence-electron chi connectivity index (χ4n) is 3.79. The van der Waals surface area contributed by atoms with Gasteiger partial charge in [0, 0.05) is 12.1 Å². The van der Waals surface area contributed by atoms with Gasteiger partial charge < -0.3 is 14.4 Å². The Kier molecular flexibility index (Phi) is 4.39. The van der Waals surface area contributed by atoms with Crippen LogP contribution >= 0.6 is 0 Å². The summed E-state index contributed by atoms with van der Waals surface area (Å²) in [5.41, 5.74) is 0.0568. The highest BCUT2D eigenvalue weighted by Crippen LogP contribution is 2.40. The van der Waals surface area contributed by atoms with Crippen LogP contribution in [0, 0.1) is 5.92 Å². The highest BCUT2D eigenvalue weighted by molar-refractivity contribution is 7.89. The van der Waals surface area contributed by atoms with Crippen molar-refractivity contribution < 1.29 is 27.5 Å². The minimum Gasteiger partial charge on any atom is -0.480 e. The van der Waals surface area contributed by atoms with E-state index in [9.17, 15) is 23.1 Å². The molecule has 2 aliphatic rings. The van der Waals surface area contributed by atoms with Gasteiger partial charge in [0.05, 0.1) is 5.56 Å². The third kappa shape index (κ3) is 2.82. The molecule has 0 aromatic carbocycles. The number of nitrogens with one attached hydrogen (secondary N) is 1. The molecule has 8 nitrogen and oxygen atoms in total. The van der Waals surface area contributed by atoms with E-state index in [1.807, 2.05) is 0 Å². The fourth-order valence-corrected chi connectivity index (χ4v) is 4.45. The molecule has 9 heteroatoms. The summed E-state index contributed by atoms with van der Waals surface area (Å²) in [5, 5.41) is 9.11. The Hall–Kier alpha value is -1.87. The van der Waals surface area contributed by atoms with Gasteiger partial charge in [-0.15, -0.1) is 0 Å². The van der Waals surface area contributed by atoms with Crippen LogP contribution in [0.2, 0.25) is 0 Å². The van der Waals surface area contributed by atoms with Gasteiger partial charge in [0.2, 0.25) is 5.09 Å². The van der Waals surface area contributed by atoms with Gasteiger partial charge in [0.1, 0.15) is 12.3 Å². The van der Waals surface area contributed by atoms with Crippen LogP contribution in [-0.2, 0) is 14.8 Å². The quantitative estimate of drug-likeness (QED) is 0.833. The summed E-state index contributed by atoms with van der Waals surface area (Å²) < 4.78 is 30.6. The summed E-state index contributed by atoms with van der Waals surface area (Å²) >= 11 is 0. The first-order valence-corrected chi connectivity index (χ1v) is 9.41. The molecule has 0 bridgehead atoms. The predicted octanol–water partition coefficient (Wildman–Crippen LogP) is 1.05. The van der Waals surface area contributed by atoms with Gasteiger partial charge in [0.15, 0.2) is 0 Å². The average molecular weight is 356 g/mol. The maximum absolute atomic E-state index is 12.8. The molecule has 2 heterocycles. The number of fused-ring (bicyclic) bond motifs is 1. The number of hydrogen-bond acceptors (Lipinski definition) is 5. The van der Waals surface area contributed by atoms with E-state index in [4.69, 9.17) is 4.42 Å². The molecule has 24 heavy (non-hydrogen) atoms. The lowest BCUT2D eigenvalue weighted by molar-refractivity contribution is -0.141. The van der Waals surface area contributed by atoms with E-state index in [1.54, 1.807) is 0 Å². The van der Waals surface area contributed by atoms with E-state index in [-0.39, 0.29) is 22.6 Å². The van der Waals surface area contributed by atoms with Gasteiger partial charge in [-0.05, 0) is 32.2 Å². The molecule has 1 aromatic rings. The number of furan rings is 1. The first kappa shape index (κ1) is 17.0. The predicted molar refractivity (Wildman–Crippen MR) is 82.9 cm³/mol. The first-order chi connectivity index (χ1) is 11.3. The van der Waals surface area contributed by atoms with Crippen molar-refractivity contribution in [3.8, 4) is 0 Å². The van der Waals surface area contributed by atoms with Crippen molar-refractivity contribution in [2.45, 2.75) is 49.3 Å². The molecule has 1 amide bonds. The smallest absolute Gasteiger partial charge is 0.326 e. The third-order valence-corrected chi connectivity index (χ3v) is 6.24. The Morgan fingerprint density at radius 1 is 1.33 bits per heavy atom. The Morgan fingerprint density at radius 3 is 2.71 bits per heavy atom. The summed E-state index contributed by atoms with van der Waals surface area (Å²) in [5.74, 6) is -1.32. The van der Waals surface area contributed by atoms with E-state index in [0.29, 0.717) is 6.42 Å². The van der Waals surface area contributed by atoms with Crippen LogP contribution in [0.4, 0.5) is 0 Å². The second kappa shape index (κ2) is 6.21. The monoisotopic (exact) mass is 356 g/mol. The normalized spacial score (nSPS) is 27.0. The summed E-state index contributed by atoms with van der Waals surface area (Å²) in [6, 6.07) is 0.167. The van der Waals surface area contributed by atoms with Crippen LogP contribution in [0.3, 0.4) is 0 Å². The van der Waals surface area contributed by atoms with Gasteiger partial charge in [-0.25, -0.2) is 17.9 Å². The number of rotatable bonds is 4. The van der Waals surface area contributed by atoms with E-state index in [0.717, 1.165) is 38.0 Å². The molecule has 3 atom stereocenters. The summed E-state index contributed by atoms with van der Waals surface area (Å²) in [4.78, 5) is 25.8. The minimum atomic E-state index is -3.79. The number of hydrogen-bond donors (Lipinski definition) is 2. The molecular formula is C15H20N2O6S. The van der Waals surface area contributed by atoms with Crippen LogP contribution in [0.1, 0.15) is 42.5 Å². The molecule has 1 saturated heterocycles. The molecule has 0 spiro atoms. The lowest BCUT2D eigenvalue weighted by atomic mass is 9.84. The number of carboxylic acids is 1. The molecule has 132 valence electrons. The van der Waals surface area contributed by atoms with Gasteiger partial charge in [-0.1, -0.05) is 12.8 Å². The summed E-state index contributed by atoms with van der Waals surface area (Å²) in [7, 11) is -2.55. The van der Waals surface area contributed by atoms with E-state index in [1.165, 1.54) is 11.9 Å². The van der Waals surface area contributed by atoms with Gasteiger partial charge in [-0.2, -0.15) is 0 Å². The first-order valence-electron chi connectivity index (χ1n) is 7.92. The van der Waals surface area contributed by atoms with Crippen molar-refractivity contribution in [1.29, 1.82) is 0 Å². The summed E-state index contributed by atoms with van der Waals surface area (Å²) in [6.07, 6.45) is 5.23. The van der Waals surface area contributed by atoms with Crippen molar-refractivity contribution in [1.82, 2.24) is 9.62 Å². The molecule has 1 aliphatic heterocycles. The van der Waals surface area contributed by atoms with Crippen LogP contribution in [0.25, 0.3) is 0 Å². The van der Waals surface area contributed by atoms with Crippen LogP contribution in [-0.4, -0.2) is 49.4 Å². The van der Waals surface area contributed by atoms with Crippen molar-refractivity contribution in [2.75, 3.05) is 7.05 Å². The number of amides is 1. The third-order valence-electron chi connectivity index (χ3n) is 4.96. The number of carboxylic acid groups (broad SMARTS) is 1. The number of sulfonamides is 1. The number of carbonyl (C=O) groups excluding carboxylic acids is 1. The minimum absolute atomic E-state index is 0.0568. The van der Waals surface area contributed by atoms with Crippen molar-refractivity contribution >= 4 is 21.9 Å². The average Bonchev–Trinajstić information content (AvgIpc) is 3.19. The second-order valence-corrected chi connectivity index (χ2v) is 8.09. The van der Waals surface area contributed by atoms with E-state index in [2.05, 4.69) is 4.72 Å². The lowest BCUT2D eigenvalue weighted by Crippen LogP contribution is -2.46. The topological polar surface area (TPSA) is 117 Å². The molecule has 3 rings (SSSR count). The standard InChI is InChI=1S/C15H20N2O6S/c1-16-24(21,22)13-7-10(8-23-13)14(18)17-11-5-3-2-4-9(11)6-12(17)15(19)20/h7-9,11-12,16H,2-6H2,1H3,(H,19,20). The second-order valence-electron chi connectivity index (χ2n) is 6.28. The highest BCUT2D eigenvalue weighted by atomic mass is 32.2. The van der Waals surface area contributed by atoms with Crippen molar-refractivity contribution in [3.05, 3.63) is 17.9 Å². The van der Waals surface area contributed by atoms with Crippen molar-refractivity contribution in [3.63, 3.8) is 0 Å². The van der Waals surface area contributed by atoms with Crippen LogP contribution in [0.15, 0.2) is 21.8 Å². The zero-order valence-electron chi connectivity index (χ0n) is 13.3. The molecule has 2 N–H and O–H groups in total. The molecule has 1 aliphatic carbocycles. The van der Waals surface area contributed by atoms with Gasteiger partial charge >= 0.3 is 5.97 Å². The van der Waals surface area contributed by atoms with Gasteiger partial charge in [-0.3, -0.25) is 4.79 Å². The fraction of sp³-hybridized carbons (Fsp3) is 0.600. The molecule has 1 saturated carbocycles. The number of carbonyl (C=O) groups is 2. The SMILES string of the molecule is CNS(=O)(=O)c1cc(C(=O)N2C(C(=O)O)CC3CCCCC32)co1. The number of nitrogens with zero attached hydrogens (tertiary/aromatic N) is 1. The molecular weight excluding hydrogens is 336 g/mol. The largest absolute Gasteiger partial charge is 0.480 e. The zero-order chi connectivity index (χ0) is 17.5. The van der Waals surface area contributed by atoms with E-state index < -0.39 is 27.9 Å². The molecule has 0 radical (unpaired) electrons. The van der Waals surface area contributed by atoms with Crippen molar-refractivity contribution in [2.24, 2.45) is 5.92 Å². The van der Waals surface area contributed by atoms with E-state index >= 15 is 0 Å². The Balaban J connectivity index is 1.91. The van der Waals surface area contributed by atoms with Gasteiger partial charge in [0.25, 0.3) is 15.9 Å². The van der Waals surface area contributed by atoms with Crippen LogP contribution in [0.5, 0.6) is 0 Å². The zero-order valence-corrected chi connectivity index (χ0v) is 14.1.